The van der Waals surface area contributed by atoms with Crippen molar-refractivity contribution in [1.82, 2.24) is 5.32 Å². The van der Waals surface area contributed by atoms with Gasteiger partial charge in [-0.1, -0.05) is 6.92 Å². The highest BCUT2D eigenvalue weighted by atomic mass is 16.5. The van der Waals surface area contributed by atoms with Gasteiger partial charge in [0.15, 0.2) is 0 Å². The van der Waals surface area contributed by atoms with E-state index >= 15 is 0 Å². The lowest BCUT2D eigenvalue weighted by atomic mass is 9.93. The third-order valence-electron chi connectivity index (χ3n) is 3.64. The van der Waals surface area contributed by atoms with Crippen LogP contribution in [0.3, 0.4) is 0 Å². The van der Waals surface area contributed by atoms with E-state index in [1.54, 1.807) is 0 Å². The maximum atomic E-state index is 5.60. The zero-order chi connectivity index (χ0) is 11.3. The molecule has 90 valence electrons. The van der Waals surface area contributed by atoms with Crippen molar-refractivity contribution >= 4 is 0 Å². The van der Waals surface area contributed by atoms with Crippen molar-refractivity contribution in [2.24, 2.45) is 11.7 Å². The molecule has 3 heteroatoms. The minimum Gasteiger partial charge on any atom is -0.377 e. The van der Waals surface area contributed by atoms with E-state index in [-0.39, 0.29) is 5.54 Å². The van der Waals surface area contributed by atoms with E-state index in [0.717, 1.165) is 32.5 Å². The quantitative estimate of drug-likeness (QED) is 0.705. The standard InChI is InChI=1S/C12H26N2O/c1-10(5-4-7-13)9-14-12(3)6-8-15-11(12)2/h10-11,14H,4-9,13H2,1-3H3. The summed E-state index contributed by atoms with van der Waals surface area (Å²) in [6, 6.07) is 0. The highest BCUT2D eigenvalue weighted by Gasteiger charge is 2.36. The second kappa shape index (κ2) is 5.83. The first-order valence-corrected chi connectivity index (χ1v) is 6.15. The summed E-state index contributed by atoms with van der Waals surface area (Å²) in [5.41, 5.74) is 5.68. The normalized spacial score (nSPS) is 33.2. The molecular formula is C12H26N2O. The summed E-state index contributed by atoms with van der Waals surface area (Å²) >= 11 is 0. The molecule has 1 aliphatic heterocycles. The van der Waals surface area contributed by atoms with Crippen LogP contribution in [0, 0.1) is 5.92 Å². The van der Waals surface area contributed by atoms with Crippen LogP contribution in [0.25, 0.3) is 0 Å². The van der Waals surface area contributed by atoms with Gasteiger partial charge in [0.1, 0.15) is 0 Å². The minimum atomic E-state index is 0.178. The number of rotatable bonds is 6. The van der Waals surface area contributed by atoms with Gasteiger partial charge in [0.2, 0.25) is 0 Å². The highest BCUT2D eigenvalue weighted by molar-refractivity contribution is 4.93. The third-order valence-corrected chi connectivity index (χ3v) is 3.64. The molecule has 0 amide bonds. The molecule has 0 aromatic carbocycles. The fourth-order valence-corrected chi connectivity index (χ4v) is 2.04. The number of ether oxygens (including phenoxy) is 1. The number of nitrogens with two attached hydrogens (primary N) is 1. The van der Waals surface area contributed by atoms with Gasteiger partial charge < -0.3 is 15.8 Å². The lowest BCUT2D eigenvalue weighted by Gasteiger charge is -2.30. The summed E-state index contributed by atoms with van der Waals surface area (Å²) in [4.78, 5) is 0. The molecule has 0 aromatic rings. The minimum absolute atomic E-state index is 0.178. The molecule has 0 aliphatic carbocycles. The zero-order valence-corrected chi connectivity index (χ0v) is 10.4. The molecule has 15 heavy (non-hydrogen) atoms. The number of nitrogens with one attached hydrogen (secondary N) is 1. The van der Waals surface area contributed by atoms with Crippen molar-refractivity contribution in [3.05, 3.63) is 0 Å². The summed E-state index contributed by atoms with van der Waals surface area (Å²) in [7, 11) is 0. The molecule has 3 nitrogen and oxygen atoms in total. The molecule has 1 saturated heterocycles. The Morgan fingerprint density at radius 1 is 1.60 bits per heavy atom. The summed E-state index contributed by atoms with van der Waals surface area (Å²) in [6.45, 7) is 9.48. The monoisotopic (exact) mass is 214 g/mol. The van der Waals surface area contributed by atoms with Crippen LogP contribution in [-0.4, -0.2) is 31.3 Å². The average Bonchev–Trinajstić information content (AvgIpc) is 2.54. The van der Waals surface area contributed by atoms with Crippen LogP contribution in [0.15, 0.2) is 0 Å². The lowest BCUT2D eigenvalue weighted by molar-refractivity contribution is 0.0872. The Labute approximate surface area is 93.8 Å². The second-order valence-corrected chi connectivity index (χ2v) is 5.10. The van der Waals surface area contributed by atoms with Gasteiger partial charge in [0.05, 0.1) is 6.10 Å². The summed E-state index contributed by atoms with van der Waals surface area (Å²) in [6.07, 6.45) is 3.80. The molecule has 3 atom stereocenters. The summed E-state index contributed by atoms with van der Waals surface area (Å²) in [5.74, 6) is 0.707. The van der Waals surface area contributed by atoms with E-state index in [4.69, 9.17) is 10.5 Å². The summed E-state index contributed by atoms with van der Waals surface area (Å²) in [5, 5.41) is 3.65. The van der Waals surface area contributed by atoms with E-state index in [1.807, 2.05) is 0 Å². The van der Waals surface area contributed by atoms with Gasteiger partial charge in [0, 0.05) is 12.1 Å². The molecule has 0 radical (unpaired) electrons. The van der Waals surface area contributed by atoms with Crippen molar-refractivity contribution in [2.75, 3.05) is 19.7 Å². The van der Waals surface area contributed by atoms with E-state index in [0.29, 0.717) is 12.0 Å². The first kappa shape index (κ1) is 12.9. The third kappa shape index (κ3) is 3.74. The second-order valence-electron chi connectivity index (χ2n) is 5.10. The molecule has 0 saturated carbocycles. The molecular weight excluding hydrogens is 188 g/mol. The predicted octanol–water partition coefficient (Wildman–Crippen LogP) is 1.52. The van der Waals surface area contributed by atoms with Crippen molar-refractivity contribution in [3.8, 4) is 0 Å². The zero-order valence-electron chi connectivity index (χ0n) is 10.4. The van der Waals surface area contributed by atoms with Gasteiger partial charge in [-0.05, 0) is 52.1 Å². The van der Waals surface area contributed by atoms with Crippen LogP contribution in [0.2, 0.25) is 0 Å². The Balaban J connectivity index is 2.23. The smallest absolute Gasteiger partial charge is 0.0726 e. The topological polar surface area (TPSA) is 47.3 Å². The molecule has 3 unspecified atom stereocenters. The van der Waals surface area contributed by atoms with Gasteiger partial charge in [-0.25, -0.2) is 0 Å². The largest absolute Gasteiger partial charge is 0.377 e. The fourth-order valence-electron chi connectivity index (χ4n) is 2.04. The Bertz CT molecular complexity index is 186. The molecule has 1 rings (SSSR count). The van der Waals surface area contributed by atoms with E-state index in [1.165, 1.54) is 6.42 Å². The van der Waals surface area contributed by atoms with Gasteiger partial charge in [-0.2, -0.15) is 0 Å². The molecule has 0 aromatic heterocycles. The van der Waals surface area contributed by atoms with Crippen molar-refractivity contribution in [2.45, 2.75) is 51.7 Å². The lowest BCUT2D eigenvalue weighted by Crippen LogP contribution is -2.49. The SMILES string of the molecule is CC(CCCN)CNC1(C)CCOC1C. The van der Waals surface area contributed by atoms with Crippen LogP contribution in [-0.2, 0) is 4.74 Å². The molecule has 1 heterocycles. The first-order chi connectivity index (χ1) is 7.08. The van der Waals surface area contributed by atoms with Crippen LogP contribution >= 0.6 is 0 Å². The Kier molecular flexibility index (Phi) is 5.03. The van der Waals surface area contributed by atoms with Crippen molar-refractivity contribution in [3.63, 3.8) is 0 Å². The molecule has 1 aliphatic rings. The average molecular weight is 214 g/mol. The van der Waals surface area contributed by atoms with Crippen LogP contribution in [0.1, 0.15) is 40.0 Å². The predicted molar refractivity (Wildman–Crippen MR) is 63.9 cm³/mol. The molecule has 0 bridgehead atoms. The fraction of sp³-hybridized carbons (Fsp3) is 1.00. The van der Waals surface area contributed by atoms with E-state index < -0.39 is 0 Å². The summed E-state index contributed by atoms with van der Waals surface area (Å²) < 4.78 is 5.60. The van der Waals surface area contributed by atoms with Crippen molar-refractivity contribution < 1.29 is 4.74 Å². The Morgan fingerprint density at radius 3 is 2.87 bits per heavy atom. The van der Waals surface area contributed by atoms with Gasteiger partial charge in [-0.3, -0.25) is 0 Å². The Hall–Kier alpha value is -0.120. The maximum absolute atomic E-state index is 5.60. The van der Waals surface area contributed by atoms with E-state index in [9.17, 15) is 0 Å². The van der Waals surface area contributed by atoms with Crippen LogP contribution in [0.5, 0.6) is 0 Å². The molecule has 0 spiro atoms. The Morgan fingerprint density at radius 2 is 2.33 bits per heavy atom. The maximum Gasteiger partial charge on any atom is 0.0726 e. The van der Waals surface area contributed by atoms with E-state index in [2.05, 4.69) is 26.1 Å². The van der Waals surface area contributed by atoms with Gasteiger partial charge >= 0.3 is 0 Å². The van der Waals surface area contributed by atoms with Crippen molar-refractivity contribution in [1.29, 1.82) is 0 Å². The highest BCUT2D eigenvalue weighted by Crippen LogP contribution is 2.25. The molecule has 1 fully saturated rings. The number of hydrogen-bond donors (Lipinski definition) is 2. The first-order valence-electron chi connectivity index (χ1n) is 6.15. The van der Waals surface area contributed by atoms with Gasteiger partial charge in [0.25, 0.3) is 0 Å². The molecule has 3 N–H and O–H groups in total. The number of hydrogen-bond acceptors (Lipinski definition) is 3. The van der Waals surface area contributed by atoms with Gasteiger partial charge in [-0.15, -0.1) is 0 Å². The van der Waals surface area contributed by atoms with Crippen LogP contribution in [0.4, 0.5) is 0 Å². The van der Waals surface area contributed by atoms with Crippen LogP contribution < -0.4 is 11.1 Å².